The van der Waals surface area contributed by atoms with E-state index in [9.17, 15) is 13.2 Å². The van der Waals surface area contributed by atoms with Crippen molar-refractivity contribution in [3.05, 3.63) is 35.4 Å². The van der Waals surface area contributed by atoms with Crippen molar-refractivity contribution in [1.82, 2.24) is 0 Å². The lowest BCUT2D eigenvalue weighted by Crippen LogP contribution is -2.41. The molecular weight excluding hydrogens is 289 g/mol. The normalized spacial score (nSPS) is 19.4. The fraction of sp³-hybridized carbons (Fsp3) is 0.600. The van der Waals surface area contributed by atoms with Crippen LogP contribution in [0.25, 0.3) is 0 Å². The Kier molecular flexibility index (Phi) is 4.65. The Morgan fingerprint density at radius 1 is 1.25 bits per heavy atom. The molecule has 1 saturated carbocycles. The van der Waals surface area contributed by atoms with E-state index in [4.69, 9.17) is 16.3 Å². The van der Waals surface area contributed by atoms with Crippen LogP contribution in [0, 0.1) is 0 Å². The van der Waals surface area contributed by atoms with Gasteiger partial charge in [0.15, 0.2) is 0 Å². The minimum atomic E-state index is -4.29. The molecule has 1 aromatic carbocycles. The van der Waals surface area contributed by atoms with Crippen molar-refractivity contribution in [3.8, 4) is 0 Å². The molecule has 1 aliphatic rings. The van der Waals surface area contributed by atoms with Gasteiger partial charge >= 0.3 is 6.18 Å². The highest BCUT2D eigenvalue weighted by Crippen LogP contribution is 2.40. The largest absolute Gasteiger partial charge is 0.416 e. The highest BCUT2D eigenvalue weighted by Gasteiger charge is 2.38. The molecule has 2 rings (SSSR count). The second-order valence-corrected chi connectivity index (χ2v) is 6.06. The van der Waals surface area contributed by atoms with E-state index in [0.717, 1.165) is 43.4 Å². The summed E-state index contributed by atoms with van der Waals surface area (Å²) in [6, 6.07) is 5.21. The predicted octanol–water partition coefficient (Wildman–Crippen LogP) is 4.81. The van der Waals surface area contributed by atoms with Crippen molar-refractivity contribution in [2.45, 2.75) is 49.3 Å². The van der Waals surface area contributed by atoms with Crippen LogP contribution in [0.1, 0.15) is 36.8 Å². The average Bonchev–Trinajstić information content (AvgIpc) is 2.33. The number of methoxy groups -OCH3 is 1. The maximum atomic E-state index is 12.5. The number of halogens is 4. The van der Waals surface area contributed by atoms with E-state index in [1.54, 1.807) is 7.11 Å². The molecule has 20 heavy (non-hydrogen) atoms. The van der Waals surface area contributed by atoms with Gasteiger partial charge < -0.3 is 4.74 Å². The Morgan fingerprint density at radius 3 is 2.25 bits per heavy atom. The van der Waals surface area contributed by atoms with Gasteiger partial charge in [0.2, 0.25) is 0 Å². The van der Waals surface area contributed by atoms with E-state index in [1.807, 2.05) is 0 Å². The molecule has 1 unspecified atom stereocenters. The SMILES string of the molecule is COC1(CC(Cl)Cc2ccc(C(F)(F)F)cc2)CCC1. The molecule has 0 spiro atoms. The molecule has 112 valence electrons. The third-order valence-electron chi connectivity index (χ3n) is 4.03. The lowest BCUT2D eigenvalue weighted by atomic mass is 9.76. The van der Waals surface area contributed by atoms with E-state index in [2.05, 4.69) is 0 Å². The first-order valence-electron chi connectivity index (χ1n) is 6.70. The van der Waals surface area contributed by atoms with Gasteiger partial charge in [-0.05, 0) is 49.8 Å². The van der Waals surface area contributed by atoms with Crippen molar-refractivity contribution in [1.29, 1.82) is 0 Å². The number of alkyl halides is 4. The van der Waals surface area contributed by atoms with Crippen molar-refractivity contribution >= 4 is 11.6 Å². The van der Waals surface area contributed by atoms with Crippen molar-refractivity contribution in [2.24, 2.45) is 0 Å². The lowest BCUT2D eigenvalue weighted by Gasteiger charge is -2.41. The van der Waals surface area contributed by atoms with Crippen molar-refractivity contribution < 1.29 is 17.9 Å². The van der Waals surface area contributed by atoms with Crippen LogP contribution in [-0.4, -0.2) is 18.1 Å². The molecule has 0 saturated heterocycles. The number of rotatable bonds is 5. The third kappa shape index (κ3) is 3.67. The summed E-state index contributed by atoms with van der Waals surface area (Å²) in [5.41, 5.74) is 0.0847. The van der Waals surface area contributed by atoms with E-state index in [0.29, 0.717) is 6.42 Å². The molecule has 5 heteroatoms. The van der Waals surface area contributed by atoms with Crippen LogP contribution in [0.5, 0.6) is 0 Å². The Bertz CT molecular complexity index is 432. The van der Waals surface area contributed by atoms with Crippen LogP contribution in [0.3, 0.4) is 0 Å². The zero-order valence-electron chi connectivity index (χ0n) is 11.3. The standard InChI is InChI=1S/C15H18ClF3O/c1-20-14(7-2-8-14)10-13(16)9-11-3-5-12(6-4-11)15(17,18)19/h3-6,13H,2,7-10H2,1H3. The summed E-state index contributed by atoms with van der Waals surface area (Å²) >= 11 is 6.32. The smallest absolute Gasteiger partial charge is 0.378 e. The third-order valence-corrected chi connectivity index (χ3v) is 4.34. The molecule has 0 aliphatic heterocycles. The highest BCUT2D eigenvalue weighted by atomic mass is 35.5. The minimum absolute atomic E-state index is 0.113. The predicted molar refractivity (Wildman–Crippen MR) is 73.0 cm³/mol. The van der Waals surface area contributed by atoms with Crippen LogP contribution in [0.4, 0.5) is 13.2 Å². The molecular formula is C15H18ClF3O. The van der Waals surface area contributed by atoms with E-state index in [-0.39, 0.29) is 11.0 Å². The maximum absolute atomic E-state index is 12.5. The Labute approximate surface area is 122 Å². The summed E-state index contributed by atoms with van der Waals surface area (Å²) in [4.78, 5) is 0. The second kappa shape index (κ2) is 5.94. The summed E-state index contributed by atoms with van der Waals surface area (Å²) in [7, 11) is 1.70. The Balaban J connectivity index is 1.93. The van der Waals surface area contributed by atoms with Gasteiger partial charge in [0.1, 0.15) is 0 Å². The van der Waals surface area contributed by atoms with E-state index in [1.165, 1.54) is 12.1 Å². The topological polar surface area (TPSA) is 9.23 Å². The van der Waals surface area contributed by atoms with Gasteiger partial charge in [0, 0.05) is 12.5 Å². The molecule has 1 aliphatic carbocycles. The van der Waals surface area contributed by atoms with Crippen molar-refractivity contribution in [3.63, 3.8) is 0 Å². The van der Waals surface area contributed by atoms with E-state index >= 15 is 0 Å². The molecule has 0 bridgehead atoms. The average molecular weight is 307 g/mol. The quantitative estimate of drug-likeness (QED) is 0.709. The number of hydrogen-bond acceptors (Lipinski definition) is 1. The first-order valence-corrected chi connectivity index (χ1v) is 7.14. The summed E-state index contributed by atoms with van der Waals surface area (Å²) in [6.07, 6.45) is 0.193. The fourth-order valence-corrected chi connectivity index (χ4v) is 3.08. The van der Waals surface area contributed by atoms with Crippen LogP contribution in [0.15, 0.2) is 24.3 Å². The molecule has 0 amide bonds. The zero-order valence-corrected chi connectivity index (χ0v) is 12.1. The monoisotopic (exact) mass is 306 g/mol. The molecule has 1 fully saturated rings. The van der Waals surface area contributed by atoms with Crippen LogP contribution < -0.4 is 0 Å². The van der Waals surface area contributed by atoms with E-state index < -0.39 is 11.7 Å². The first kappa shape index (κ1) is 15.6. The summed E-state index contributed by atoms with van der Waals surface area (Å²) in [6.45, 7) is 0. The van der Waals surface area contributed by atoms with Crippen LogP contribution in [-0.2, 0) is 17.3 Å². The zero-order chi connectivity index (χ0) is 14.8. The Morgan fingerprint density at radius 2 is 1.85 bits per heavy atom. The highest BCUT2D eigenvalue weighted by molar-refractivity contribution is 6.20. The molecule has 0 N–H and O–H groups in total. The maximum Gasteiger partial charge on any atom is 0.416 e. The lowest BCUT2D eigenvalue weighted by molar-refractivity contribution is -0.137. The molecule has 1 aromatic rings. The molecule has 1 atom stereocenters. The van der Waals surface area contributed by atoms with Gasteiger partial charge in [0.05, 0.1) is 11.2 Å². The van der Waals surface area contributed by atoms with Gasteiger partial charge in [-0.1, -0.05) is 12.1 Å². The van der Waals surface area contributed by atoms with Gasteiger partial charge in [0.25, 0.3) is 0 Å². The van der Waals surface area contributed by atoms with Crippen LogP contribution in [0.2, 0.25) is 0 Å². The Hall–Kier alpha value is -0.740. The summed E-state index contributed by atoms with van der Waals surface area (Å²) in [5.74, 6) is 0. The summed E-state index contributed by atoms with van der Waals surface area (Å²) < 4.78 is 42.9. The second-order valence-electron chi connectivity index (χ2n) is 5.44. The van der Waals surface area contributed by atoms with Gasteiger partial charge in [-0.25, -0.2) is 0 Å². The van der Waals surface area contributed by atoms with Crippen molar-refractivity contribution in [2.75, 3.05) is 7.11 Å². The molecule has 1 nitrogen and oxygen atoms in total. The van der Waals surface area contributed by atoms with Gasteiger partial charge in [-0.15, -0.1) is 11.6 Å². The summed E-state index contributed by atoms with van der Waals surface area (Å²) in [5, 5.41) is -0.119. The molecule has 0 heterocycles. The van der Waals surface area contributed by atoms with Crippen LogP contribution >= 0.6 is 11.6 Å². The number of ether oxygens (including phenoxy) is 1. The molecule has 0 aromatic heterocycles. The molecule has 0 radical (unpaired) electrons. The fourth-order valence-electron chi connectivity index (χ4n) is 2.62. The number of benzene rings is 1. The van der Waals surface area contributed by atoms with Gasteiger partial charge in [-0.3, -0.25) is 0 Å². The number of hydrogen-bond donors (Lipinski definition) is 0. The minimum Gasteiger partial charge on any atom is -0.378 e. The van der Waals surface area contributed by atoms with Gasteiger partial charge in [-0.2, -0.15) is 13.2 Å². The first-order chi connectivity index (χ1) is 9.35.